The van der Waals surface area contributed by atoms with Crippen LogP contribution in [-0.4, -0.2) is 78.8 Å². The van der Waals surface area contributed by atoms with Crippen LogP contribution in [0, 0.1) is 0 Å². The van der Waals surface area contributed by atoms with Crippen LogP contribution in [-0.2, 0) is 4.79 Å². The standard InChI is InChI=1S/C8H16O8/c9-2-4(11)7(15)8(16,1-6(13)14)5(12)3-10/h3-7,9,11-16H,1-2H2/t4-,5+,7+,8-/m1/s1. The molecule has 0 aromatic heterocycles. The summed E-state index contributed by atoms with van der Waals surface area (Å²) in [4.78, 5) is 10.3. The van der Waals surface area contributed by atoms with Crippen LogP contribution < -0.4 is 0 Å². The molecule has 0 heterocycles. The molecule has 0 saturated heterocycles. The highest BCUT2D eigenvalue weighted by atomic mass is 16.5. The Bertz CT molecular complexity index is 220. The van der Waals surface area contributed by atoms with Crippen molar-refractivity contribution in [3.05, 3.63) is 0 Å². The quantitative estimate of drug-likeness (QED) is 0.174. The predicted molar refractivity (Wildman–Crippen MR) is 49.0 cm³/mol. The minimum absolute atomic E-state index is 0.129. The zero-order valence-corrected chi connectivity index (χ0v) is 8.34. The van der Waals surface area contributed by atoms with Gasteiger partial charge in [-0.25, -0.2) is 0 Å². The summed E-state index contributed by atoms with van der Waals surface area (Å²) in [5.74, 6) is 0. The van der Waals surface area contributed by atoms with Gasteiger partial charge < -0.3 is 40.5 Å². The maximum absolute atomic E-state index is 10.3. The van der Waals surface area contributed by atoms with E-state index in [1.807, 2.05) is 0 Å². The Hall–Kier alpha value is -0.610. The normalized spacial score (nSPS) is 21.2. The summed E-state index contributed by atoms with van der Waals surface area (Å²) in [6, 6.07) is 0. The van der Waals surface area contributed by atoms with E-state index in [1.165, 1.54) is 0 Å². The molecule has 0 bridgehead atoms. The van der Waals surface area contributed by atoms with Crippen LogP contribution in [0.15, 0.2) is 0 Å². The van der Waals surface area contributed by atoms with Crippen molar-refractivity contribution < 1.29 is 40.5 Å². The van der Waals surface area contributed by atoms with Crippen LogP contribution >= 0.6 is 0 Å². The number of carbonyl (C=O) groups excluding carboxylic acids is 1. The summed E-state index contributed by atoms with van der Waals surface area (Å²) in [5, 5.41) is 63.1. The number of hydrogen-bond acceptors (Lipinski definition) is 8. The molecule has 7 N–H and O–H groups in total. The van der Waals surface area contributed by atoms with E-state index in [-0.39, 0.29) is 6.29 Å². The van der Waals surface area contributed by atoms with Crippen LogP contribution in [0.5, 0.6) is 0 Å². The summed E-state index contributed by atoms with van der Waals surface area (Å²) in [5.41, 5.74) is -2.65. The van der Waals surface area contributed by atoms with Crippen molar-refractivity contribution in [3.63, 3.8) is 0 Å². The lowest BCUT2D eigenvalue weighted by molar-refractivity contribution is -0.208. The van der Waals surface area contributed by atoms with Crippen LogP contribution in [0.1, 0.15) is 6.42 Å². The smallest absolute Gasteiger partial charge is 0.154 e. The molecule has 0 fully saturated rings. The first kappa shape index (κ1) is 15.4. The highest BCUT2D eigenvalue weighted by Crippen LogP contribution is 2.23. The molecule has 0 aromatic carbocycles. The second-order valence-electron chi connectivity index (χ2n) is 3.45. The van der Waals surface area contributed by atoms with Gasteiger partial charge in [-0.3, -0.25) is 0 Å². The molecule has 96 valence electrons. The van der Waals surface area contributed by atoms with E-state index < -0.39 is 43.2 Å². The predicted octanol–water partition coefficient (Wildman–Crippen LogP) is -4.31. The second kappa shape index (κ2) is 6.21. The van der Waals surface area contributed by atoms with Gasteiger partial charge in [0, 0.05) is 6.42 Å². The van der Waals surface area contributed by atoms with Gasteiger partial charge in [0.25, 0.3) is 0 Å². The summed E-state index contributed by atoms with van der Waals surface area (Å²) in [6.07, 6.45) is -9.29. The van der Waals surface area contributed by atoms with E-state index in [9.17, 15) is 15.0 Å². The molecule has 16 heavy (non-hydrogen) atoms. The Labute approximate surface area is 91.0 Å². The second-order valence-corrected chi connectivity index (χ2v) is 3.45. The topological polar surface area (TPSA) is 159 Å². The van der Waals surface area contributed by atoms with Crippen LogP contribution in [0.4, 0.5) is 0 Å². The van der Waals surface area contributed by atoms with Crippen molar-refractivity contribution >= 4 is 6.29 Å². The molecule has 0 rings (SSSR count). The summed E-state index contributed by atoms with van der Waals surface area (Å²) in [6.45, 7) is -0.934. The maximum Gasteiger partial charge on any atom is 0.154 e. The fraction of sp³-hybridized carbons (Fsp3) is 0.875. The van der Waals surface area contributed by atoms with Gasteiger partial charge in [-0.05, 0) is 0 Å². The van der Waals surface area contributed by atoms with Gasteiger partial charge in [-0.15, -0.1) is 0 Å². The third kappa shape index (κ3) is 3.46. The minimum Gasteiger partial charge on any atom is -0.394 e. The van der Waals surface area contributed by atoms with E-state index in [2.05, 4.69) is 0 Å². The van der Waals surface area contributed by atoms with Crippen molar-refractivity contribution in [2.45, 2.75) is 36.6 Å². The number of rotatable bonds is 7. The highest BCUT2D eigenvalue weighted by molar-refractivity contribution is 5.58. The van der Waals surface area contributed by atoms with Gasteiger partial charge in [0.15, 0.2) is 12.6 Å². The third-order valence-electron chi connectivity index (χ3n) is 2.21. The van der Waals surface area contributed by atoms with E-state index in [4.69, 9.17) is 25.5 Å². The third-order valence-corrected chi connectivity index (χ3v) is 2.21. The SMILES string of the molecule is O=C[C@H](O)[C@](O)(CC(O)O)[C@@H](O)[C@H](O)CO. The first-order valence-corrected chi connectivity index (χ1v) is 4.48. The average molecular weight is 240 g/mol. The summed E-state index contributed by atoms with van der Waals surface area (Å²) >= 11 is 0. The lowest BCUT2D eigenvalue weighted by Crippen LogP contribution is -2.59. The molecule has 0 unspecified atom stereocenters. The largest absolute Gasteiger partial charge is 0.394 e. The Balaban J connectivity index is 4.97. The fourth-order valence-electron chi connectivity index (χ4n) is 1.26. The van der Waals surface area contributed by atoms with E-state index in [1.54, 1.807) is 0 Å². The Morgan fingerprint density at radius 3 is 1.94 bits per heavy atom. The first-order valence-electron chi connectivity index (χ1n) is 4.48. The number of aldehydes is 1. The lowest BCUT2D eigenvalue weighted by Gasteiger charge is -2.36. The maximum atomic E-state index is 10.3. The van der Waals surface area contributed by atoms with Gasteiger partial charge in [0.05, 0.1) is 6.61 Å². The Morgan fingerprint density at radius 1 is 1.12 bits per heavy atom. The molecule has 0 spiro atoms. The number of aliphatic hydroxyl groups excluding tert-OH is 5. The van der Waals surface area contributed by atoms with Crippen molar-refractivity contribution in [2.75, 3.05) is 6.61 Å². The molecular formula is C8H16O8. The highest BCUT2D eigenvalue weighted by Gasteiger charge is 2.47. The molecule has 8 nitrogen and oxygen atoms in total. The monoisotopic (exact) mass is 240 g/mol. The van der Waals surface area contributed by atoms with Crippen molar-refractivity contribution in [3.8, 4) is 0 Å². The number of hydrogen-bond donors (Lipinski definition) is 7. The van der Waals surface area contributed by atoms with Gasteiger partial charge in [-0.2, -0.15) is 0 Å². The van der Waals surface area contributed by atoms with Crippen LogP contribution in [0.25, 0.3) is 0 Å². The molecule has 0 radical (unpaired) electrons. The minimum atomic E-state index is -2.65. The van der Waals surface area contributed by atoms with Gasteiger partial charge in [0.2, 0.25) is 0 Å². The molecule has 0 aromatic rings. The molecule has 4 atom stereocenters. The molecule has 0 aliphatic rings. The molecule has 0 aliphatic carbocycles. The van der Waals surface area contributed by atoms with Crippen molar-refractivity contribution in [1.29, 1.82) is 0 Å². The molecule has 8 heteroatoms. The average Bonchev–Trinajstić information content (AvgIpc) is 2.24. The molecule has 0 amide bonds. The first-order chi connectivity index (χ1) is 7.29. The van der Waals surface area contributed by atoms with Gasteiger partial charge in [-0.1, -0.05) is 0 Å². The lowest BCUT2D eigenvalue weighted by atomic mass is 9.84. The summed E-state index contributed by atoms with van der Waals surface area (Å²) in [7, 11) is 0. The zero-order chi connectivity index (χ0) is 12.9. The molecular weight excluding hydrogens is 224 g/mol. The van der Waals surface area contributed by atoms with Crippen LogP contribution in [0.2, 0.25) is 0 Å². The van der Waals surface area contributed by atoms with Gasteiger partial charge >= 0.3 is 0 Å². The van der Waals surface area contributed by atoms with Crippen molar-refractivity contribution in [2.24, 2.45) is 0 Å². The Kier molecular flexibility index (Phi) is 5.97. The van der Waals surface area contributed by atoms with Crippen molar-refractivity contribution in [1.82, 2.24) is 0 Å². The number of aliphatic hydroxyl groups is 7. The van der Waals surface area contributed by atoms with E-state index in [0.717, 1.165) is 0 Å². The van der Waals surface area contributed by atoms with E-state index >= 15 is 0 Å². The Morgan fingerprint density at radius 2 is 1.62 bits per heavy atom. The molecule has 0 aliphatic heterocycles. The fourth-order valence-corrected chi connectivity index (χ4v) is 1.26. The molecule has 0 saturated carbocycles. The number of carbonyl (C=O) groups is 1. The van der Waals surface area contributed by atoms with E-state index in [0.29, 0.717) is 0 Å². The zero-order valence-electron chi connectivity index (χ0n) is 8.34. The summed E-state index contributed by atoms with van der Waals surface area (Å²) < 4.78 is 0. The van der Waals surface area contributed by atoms with Gasteiger partial charge in [0.1, 0.15) is 23.9 Å². The van der Waals surface area contributed by atoms with Crippen LogP contribution in [0.3, 0.4) is 0 Å².